The zero-order valence-corrected chi connectivity index (χ0v) is 12.5. The van der Waals surface area contributed by atoms with Crippen LogP contribution in [0, 0.1) is 12.3 Å². The number of H-pyrrole nitrogens is 1. The molecule has 4 N–H and O–H groups in total. The van der Waals surface area contributed by atoms with Crippen molar-refractivity contribution in [3.05, 3.63) is 24.4 Å². The van der Waals surface area contributed by atoms with E-state index in [1.54, 1.807) is 0 Å². The number of aromatic nitrogens is 2. The van der Waals surface area contributed by atoms with Crippen molar-refractivity contribution in [2.24, 2.45) is 10.7 Å². The van der Waals surface area contributed by atoms with Gasteiger partial charge in [-0.15, -0.1) is 6.58 Å². The molecule has 0 unspecified atom stereocenters. The smallest absolute Gasteiger partial charge is 0.175 e. The molecule has 0 aromatic carbocycles. The predicted octanol–water partition coefficient (Wildman–Crippen LogP) is 0.878. The topological polar surface area (TPSA) is 97.4 Å². The lowest BCUT2D eigenvalue weighted by molar-refractivity contribution is 0.196. The fraction of sp³-hybridized carbons (Fsp3) is 0.500. The van der Waals surface area contributed by atoms with Crippen molar-refractivity contribution >= 4 is 17.5 Å². The number of aryl methyl sites for hydroxylation is 1. The van der Waals surface area contributed by atoms with Crippen LogP contribution in [0.3, 0.4) is 0 Å². The highest BCUT2D eigenvalue weighted by Crippen LogP contribution is 2.09. The Labute approximate surface area is 125 Å². The number of piperazine rings is 1. The molecule has 0 atom stereocenters. The van der Waals surface area contributed by atoms with Gasteiger partial charge < -0.3 is 10.6 Å². The molecule has 0 aliphatic carbocycles. The molecule has 0 radical (unpaired) electrons. The number of nitrogens with two attached hydrogens (primary N) is 1. The molecule has 1 saturated heterocycles. The van der Waals surface area contributed by atoms with Gasteiger partial charge in [-0.3, -0.25) is 15.4 Å². The highest BCUT2D eigenvalue weighted by Gasteiger charge is 2.18. The van der Waals surface area contributed by atoms with Crippen LogP contribution < -0.4 is 5.73 Å². The number of amidine groups is 2. The van der Waals surface area contributed by atoms with Gasteiger partial charge in [0.2, 0.25) is 0 Å². The van der Waals surface area contributed by atoms with E-state index in [0.29, 0.717) is 23.9 Å². The zero-order chi connectivity index (χ0) is 15.2. The lowest BCUT2D eigenvalue weighted by atomic mass is 10.2. The van der Waals surface area contributed by atoms with Crippen molar-refractivity contribution in [3.63, 3.8) is 0 Å². The molecular weight excluding hydrogens is 266 g/mol. The Bertz CT molecular complexity index is 523. The maximum absolute atomic E-state index is 8.15. The van der Waals surface area contributed by atoms with Gasteiger partial charge in [0.25, 0.3) is 0 Å². The molecule has 114 valence electrons. The molecule has 7 nitrogen and oxygen atoms in total. The second kappa shape index (κ2) is 7.03. The molecule has 2 heterocycles. The van der Waals surface area contributed by atoms with Crippen LogP contribution >= 0.6 is 0 Å². The minimum absolute atomic E-state index is 0.355. The first-order chi connectivity index (χ1) is 10.1. The molecule has 1 aliphatic heterocycles. The van der Waals surface area contributed by atoms with E-state index >= 15 is 0 Å². The molecule has 21 heavy (non-hydrogen) atoms. The van der Waals surface area contributed by atoms with E-state index < -0.39 is 0 Å². The van der Waals surface area contributed by atoms with Gasteiger partial charge in [0.05, 0.1) is 6.42 Å². The molecule has 2 rings (SSSR count). The van der Waals surface area contributed by atoms with Gasteiger partial charge in [0, 0.05) is 44.5 Å². The van der Waals surface area contributed by atoms with Crippen LogP contribution in [0.15, 0.2) is 23.7 Å². The van der Waals surface area contributed by atoms with E-state index in [9.17, 15) is 0 Å². The predicted molar refractivity (Wildman–Crippen MR) is 85.2 cm³/mol. The summed E-state index contributed by atoms with van der Waals surface area (Å²) in [7, 11) is 0. The molecule has 7 heteroatoms. The Morgan fingerprint density at radius 3 is 2.81 bits per heavy atom. The number of aromatic amines is 1. The summed E-state index contributed by atoms with van der Waals surface area (Å²) in [4.78, 5) is 8.59. The summed E-state index contributed by atoms with van der Waals surface area (Å²) in [5.74, 6) is 1.50. The molecule has 0 spiro atoms. The van der Waals surface area contributed by atoms with Crippen LogP contribution in [0.25, 0.3) is 0 Å². The van der Waals surface area contributed by atoms with Crippen molar-refractivity contribution in [2.45, 2.75) is 13.3 Å². The maximum atomic E-state index is 8.15. The third kappa shape index (κ3) is 4.42. The molecule has 1 fully saturated rings. The van der Waals surface area contributed by atoms with Crippen molar-refractivity contribution in [1.82, 2.24) is 20.0 Å². The fourth-order valence-corrected chi connectivity index (χ4v) is 2.31. The van der Waals surface area contributed by atoms with Crippen LogP contribution in [0.1, 0.15) is 12.1 Å². The molecule has 1 aromatic heterocycles. The van der Waals surface area contributed by atoms with Gasteiger partial charge in [0.15, 0.2) is 5.82 Å². The Kier molecular flexibility index (Phi) is 5.10. The van der Waals surface area contributed by atoms with E-state index in [4.69, 9.17) is 11.1 Å². The summed E-state index contributed by atoms with van der Waals surface area (Å²) >= 11 is 0. The van der Waals surface area contributed by atoms with Crippen molar-refractivity contribution < 1.29 is 0 Å². The van der Waals surface area contributed by atoms with Gasteiger partial charge in [-0.05, 0) is 6.92 Å². The van der Waals surface area contributed by atoms with Crippen LogP contribution in [0.4, 0.5) is 5.82 Å². The summed E-state index contributed by atoms with van der Waals surface area (Å²) in [5.41, 5.74) is 6.84. The Hall–Kier alpha value is -2.15. The number of nitrogens with zero attached hydrogens (tertiary/aromatic N) is 4. The van der Waals surface area contributed by atoms with E-state index in [0.717, 1.165) is 38.4 Å². The number of hydrogen-bond acceptors (Lipinski definition) is 4. The van der Waals surface area contributed by atoms with Gasteiger partial charge in [-0.1, -0.05) is 6.08 Å². The number of aliphatic imine (C=N–C) groups is 1. The lowest BCUT2D eigenvalue weighted by Gasteiger charge is -2.35. The van der Waals surface area contributed by atoms with Crippen molar-refractivity contribution in [2.75, 3.05) is 32.7 Å². The first-order valence-corrected chi connectivity index (χ1v) is 7.09. The molecule has 1 aliphatic rings. The highest BCUT2D eigenvalue weighted by molar-refractivity contribution is 6.01. The fourth-order valence-electron chi connectivity index (χ4n) is 2.31. The minimum atomic E-state index is 0.355. The Morgan fingerprint density at radius 1 is 1.52 bits per heavy atom. The van der Waals surface area contributed by atoms with Crippen molar-refractivity contribution in [3.8, 4) is 0 Å². The average Bonchev–Trinajstić information content (AvgIpc) is 2.85. The quantitative estimate of drug-likeness (QED) is 0.426. The summed E-state index contributed by atoms with van der Waals surface area (Å²) in [6.07, 6.45) is 2.27. The largest absolute Gasteiger partial charge is 0.387 e. The Morgan fingerprint density at radius 2 is 2.24 bits per heavy atom. The standard InChI is InChI=1S/C14H23N7/c1-3-4-20-5-7-21(8-6-20)13(16)10-12(15)17-14-9-11(2)18-19-14/h3,9,16H,1,4-8,10H2,2H3,(H3,15,17,18,19). The number of rotatable bonds is 5. The minimum Gasteiger partial charge on any atom is -0.387 e. The maximum Gasteiger partial charge on any atom is 0.175 e. The number of hydrogen-bond donors (Lipinski definition) is 3. The van der Waals surface area contributed by atoms with Crippen LogP contribution in [0.5, 0.6) is 0 Å². The molecule has 0 saturated carbocycles. The van der Waals surface area contributed by atoms with E-state index in [2.05, 4.69) is 31.6 Å². The van der Waals surface area contributed by atoms with Crippen LogP contribution in [0.2, 0.25) is 0 Å². The lowest BCUT2D eigenvalue weighted by Crippen LogP contribution is -2.49. The average molecular weight is 289 g/mol. The van der Waals surface area contributed by atoms with Crippen molar-refractivity contribution in [1.29, 1.82) is 5.41 Å². The number of nitrogens with one attached hydrogen (secondary N) is 2. The Balaban J connectivity index is 1.84. The summed E-state index contributed by atoms with van der Waals surface area (Å²) in [6.45, 7) is 10.2. The SMILES string of the molecule is C=CCN1CCN(C(=N)CC(N)=Nc2cc(C)[nH]n2)CC1. The van der Waals surface area contributed by atoms with Gasteiger partial charge in [-0.2, -0.15) is 5.10 Å². The third-order valence-electron chi connectivity index (χ3n) is 3.44. The first kappa shape index (κ1) is 15.2. The molecule has 1 aromatic rings. The third-order valence-corrected chi connectivity index (χ3v) is 3.44. The van der Waals surface area contributed by atoms with Gasteiger partial charge >= 0.3 is 0 Å². The molecule has 0 amide bonds. The molecular formula is C14H23N7. The second-order valence-corrected chi connectivity index (χ2v) is 5.21. The zero-order valence-electron chi connectivity index (χ0n) is 12.5. The monoisotopic (exact) mass is 289 g/mol. The van der Waals surface area contributed by atoms with E-state index in [1.165, 1.54) is 0 Å². The van der Waals surface area contributed by atoms with Gasteiger partial charge in [0.1, 0.15) is 11.7 Å². The first-order valence-electron chi connectivity index (χ1n) is 7.09. The van der Waals surface area contributed by atoms with Gasteiger partial charge in [-0.25, -0.2) is 4.99 Å². The summed E-state index contributed by atoms with van der Waals surface area (Å²) in [6, 6.07) is 1.82. The van der Waals surface area contributed by atoms with Crippen LogP contribution in [-0.4, -0.2) is 64.4 Å². The molecule has 0 bridgehead atoms. The second-order valence-electron chi connectivity index (χ2n) is 5.21. The summed E-state index contributed by atoms with van der Waals surface area (Å²) in [5, 5.41) is 15.0. The van der Waals surface area contributed by atoms with E-state index in [-0.39, 0.29) is 0 Å². The highest BCUT2D eigenvalue weighted by atomic mass is 15.3. The summed E-state index contributed by atoms with van der Waals surface area (Å²) < 4.78 is 0. The normalized spacial score (nSPS) is 17.0. The van der Waals surface area contributed by atoms with E-state index in [1.807, 2.05) is 19.1 Å². The van der Waals surface area contributed by atoms with Crippen LogP contribution in [-0.2, 0) is 0 Å².